The maximum Gasteiger partial charge on any atom is 0.407 e. The summed E-state index contributed by atoms with van der Waals surface area (Å²) in [4.78, 5) is 24.8. The molecule has 1 atom stereocenters. The number of fused-ring (bicyclic) bond motifs is 1. The fourth-order valence-electron chi connectivity index (χ4n) is 3.67. The quantitative estimate of drug-likeness (QED) is 0.728. The van der Waals surface area contributed by atoms with Crippen LogP contribution < -0.4 is 15.4 Å². The molecule has 6 heteroatoms. The molecule has 1 aliphatic rings. The van der Waals surface area contributed by atoms with Crippen LogP contribution in [0.3, 0.4) is 0 Å². The Morgan fingerprint density at radius 3 is 2.41 bits per heavy atom. The second-order valence-corrected chi connectivity index (χ2v) is 7.11. The fraction of sp³-hybridized carbons (Fsp3) is 0.391. The number of hydrogen-bond acceptors (Lipinski definition) is 4. The summed E-state index contributed by atoms with van der Waals surface area (Å²) in [5.74, 6) is 0.457. The maximum atomic E-state index is 12.8. The standard InChI is InChI=1S/C23H28N2O4/c1-3-29-23(27)25-19(16-9-5-4-6-10-16)15-22(26)24-20-13-17-11-7-8-12-18(17)14-21(20)28-2/h4-6,9-10,13-14,19H,3,7-8,11-12,15H2,1-2H3,(H,24,26)(H,25,27)/t19-/m0/s1. The minimum Gasteiger partial charge on any atom is -0.495 e. The van der Waals surface area contributed by atoms with Crippen LogP contribution in [-0.4, -0.2) is 25.7 Å². The molecule has 2 N–H and O–H groups in total. The molecule has 6 nitrogen and oxygen atoms in total. The largest absolute Gasteiger partial charge is 0.495 e. The second kappa shape index (κ2) is 9.96. The zero-order valence-electron chi connectivity index (χ0n) is 17.0. The van der Waals surface area contributed by atoms with Crippen molar-refractivity contribution in [3.8, 4) is 5.75 Å². The van der Waals surface area contributed by atoms with E-state index in [1.165, 1.54) is 17.5 Å². The van der Waals surface area contributed by atoms with Crippen LogP contribution in [0.2, 0.25) is 0 Å². The van der Waals surface area contributed by atoms with E-state index in [2.05, 4.69) is 10.6 Å². The van der Waals surface area contributed by atoms with Crippen LogP contribution >= 0.6 is 0 Å². The van der Waals surface area contributed by atoms with Crippen molar-refractivity contribution >= 4 is 17.7 Å². The number of alkyl carbamates (subject to hydrolysis) is 1. The van der Waals surface area contributed by atoms with Crippen LogP contribution in [0.25, 0.3) is 0 Å². The smallest absolute Gasteiger partial charge is 0.407 e. The number of rotatable bonds is 7. The fourth-order valence-corrected chi connectivity index (χ4v) is 3.67. The van der Waals surface area contributed by atoms with Gasteiger partial charge < -0.3 is 20.1 Å². The lowest BCUT2D eigenvalue weighted by Crippen LogP contribution is -2.32. The third-order valence-corrected chi connectivity index (χ3v) is 5.10. The first kappa shape index (κ1) is 20.7. The summed E-state index contributed by atoms with van der Waals surface area (Å²) >= 11 is 0. The van der Waals surface area contributed by atoms with Gasteiger partial charge in [-0.15, -0.1) is 0 Å². The Kier molecular flexibility index (Phi) is 7.11. The molecule has 0 saturated carbocycles. The number of ether oxygens (including phenoxy) is 2. The monoisotopic (exact) mass is 396 g/mol. The molecule has 0 aliphatic heterocycles. The van der Waals surface area contributed by atoms with Crippen LogP contribution in [0.5, 0.6) is 5.75 Å². The summed E-state index contributed by atoms with van der Waals surface area (Å²) in [7, 11) is 1.61. The van der Waals surface area contributed by atoms with Crippen molar-refractivity contribution in [3.63, 3.8) is 0 Å². The molecule has 154 valence electrons. The molecule has 0 fully saturated rings. The van der Waals surface area contributed by atoms with Crippen LogP contribution in [0.15, 0.2) is 42.5 Å². The Morgan fingerprint density at radius 2 is 1.76 bits per heavy atom. The number of anilines is 1. The molecule has 0 bridgehead atoms. The SMILES string of the molecule is CCOC(=O)N[C@@H](CC(=O)Nc1cc2c(cc1OC)CCCC2)c1ccccc1. The number of amides is 2. The molecule has 0 unspecified atom stereocenters. The summed E-state index contributed by atoms with van der Waals surface area (Å²) in [5, 5.41) is 5.74. The third-order valence-electron chi connectivity index (χ3n) is 5.10. The van der Waals surface area contributed by atoms with E-state index in [1.807, 2.05) is 42.5 Å². The Bertz CT molecular complexity index is 851. The molecule has 0 spiro atoms. The molecule has 2 aromatic rings. The molecule has 2 aromatic carbocycles. The number of aryl methyl sites for hydroxylation is 2. The van der Waals surface area contributed by atoms with Crippen LogP contribution in [0.4, 0.5) is 10.5 Å². The van der Waals surface area contributed by atoms with Gasteiger partial charge in [-0.05, 0) is 61.4 Å². The minimum atomic E-state index is -0.541. The summed E-state index contributed by atoms with van der Waals surface area (Å²) in [6.45, 7) is 2.01. The maximum absolute atomic E-state index is 12.8. The zero-order valence-corrected chi connectivity index (χ0v) is 17.0. The summed E-state index contributed by atoms with van der Waals surface area (Å²) in [5.41, 5.74) is 4.06. The van der Waals surface area contributed by atoms with Gasteiger partial charge in [0.15, 0.2) is 0 Å². The highest BCUT2D eigenvalue weighted by Crippen LogP contribution is 2.33. The Hall–Kier alpha value is -3.02. The van der Waals surface area contributed by atoms with Crippen LogP contribution in [0, 0.1) is 0 Å². The van der Waals surface area contributed by atoms with E-state index in [4.69, 9.17) is 9.47 Å². The number of methoxy groups -OCH3 is 1. The number of benzene rings is 2. The lowest BCUT2D eigenvalue weighted by Gasteiger charge is -2.21. The first-order valence-electron chi connectivity index (χ1n) is 10.1. The Labute approximate surface area is 171 Å². The molecule has 0 heterocycles. The molecule has 0 aromatic heterocycles. The van der Waals surface area contributed by atoms with E-state index in [-0.39, 0.29) is 18.9 Å². The molecule has 0 radical (unpaired) electrons. The van der Waals surface area contributed by atoms with Gasteiger partial charge in [-0.25, -0.2) is 4.79 Å². The lowest BCUT2D eigenvalue weighted by molar-refractivity contribution is -0.116. The van der Waals surface area contributed by atoms with Gasteiger partial charge in [0, 0.05) is 0 Å². The normalized spacial score (nSPS) is 13.7. The number of carbonyl (C=O) groups excluding carboxylic acids is 2. The van der Waals surface area contributed by atoms with Gasteiger partial charge in [0.25, 0.3) is 0 Å². The van der Waals surface area contributed by atoms with Gasteiger partial charge in [0.2, 0.25) is 5.91 Å². The van der Waals surface area contributed by atoms with Crippen molar-refractivity contribution in [2.45, 2.75) is 45.1 Å². The third kappa shape index (κ3) is 5.50. The van der Waals surface area contributed by atoms with Crippen molar-refractivity contribution in [1.82, 2.24) is 5.32 Å². The number of hydrogen-bond donors (Lipinski definition) is 2. The van der Waals surface area contributed by atoms with E-state index in [1.54, 1.807) is 14.0 Å². The number of nitrogens with one attached hydrogen (secondary N) is 2. The first-order chi connectivity index (χ1) is 14.1. The average Bonchev–Trinajstić information content (AvgIpc) is 2.73. The highest BCUT2D eigenvalue weighted by molar-refractivity contribution is 5.93. The number of carbonyl (C=O) groups is 2. The summed E-state index contributed by atoms with van der Waals surface area (Å²) < 4.78 is 10.5. The zero-order chi connectivity index (χ0) is 20.6. The first-order valence-corrected chi connectivity index (χ1v) is 10.1. The molecule has 3 rings (SSSR count). The van der Waals surface area contributed by atoms with Crippen molar-refractivity contribution in [2.75, 3.05) is 19.0 Å². The van der Waals surface area contributed by atoms with Gasteiger partial charge in [-0.2, -0.15) is 0 Å². The molecule has 1 aliphatic carbocycles. The van der Waals surface area contributed by atoms with Gasteiger partial charge in [0.1, 0.15) is 5.75 Å². The summed E-state index contributed by atoms with van der Waals surface area (Å²) in [6.07, 6.45) is 3.94. The van der Waals surface area contributed by atoms with Gasteiger partial charge in [-0.3, -0.25) is 4.79 Å². The Morgan fingerprint density at radius 1 is 1.07 bits per heavy atom. The topological polar surface area (TPSA) is 76.7 Å². The predicted octanol–water partition coefficient (Wildman–Crippen LogP) is 4.39. The van der Waals surface area contributed by atoms with Gasteiger partial charge >= 0.3 is 6.09 Å². The average molecular weight is 396 g/mol. The van der Waals surface area contributed by atoms with E-state index >= 15 is 0 Å². The highest BCUT2D eigenvalue weighted by Gasteiger charge is 2.21. The Balaban J connectivity index is 1.75. The van der Waals surface area contributed by atoms with Crippen molar-refractivity contribution < 1.29 is 19.1 Å². The minimum absolute atomic E-state index is 0.0864. The predicted molar refractivity (Wildman–Crippen MR) is 112 cm³/mol. The van der Waals surface area contributed by atoms with Crippen LogP contribution in [-0.2, 0) is 22.4 Å². The van der Waals surface area contributed by atoms with Gasteiger partial charge in [-0.1, -0.05) is 30.3 Å². The molecular formula is C23H28N2O4. The molecular weight excluding hydrogens is 368 g/mol. The van der Waals surface area contributed by atoms with E-state index in [0.717, 1.165) is 24.8 Å². The van der Waals surface area contributed by atoms with Crippen molar-refractivity contribution in [3.05, 3.63) is 59.2 Å². The van der Waals surface area contributed by atoms with Crippen molar-refractivity contribution in [1.29, 1.82) is 0 Å². The lowest BCUT2D eigenvalue weighted by atomic mass is 9.91. The second-order valence-electron chi connectivity index (χ2n) is 7.11. The molecule has 2 amide bonds. The molecule has 0 saturated heterocycles. The molecule has 29 heavy (non-hydrogen) atoms. The van der Waals surface area contributed by atoms with E-state index < -0.39 is 12.1 Å². The highest BCUT2D eigenvalue weighted by atomic mass is 16.5. The van der Waals surface area contributed by atoms with E-state index in [9.17, 15) is 9.59 Å². The van der Waals surface area contributed by atoms with Crippen LogP contribution in [0.1, 0.15) is 48.9 Å². The van der Waals surface area contributed by atoms with Crippen molar-refractivity contribution in [2.24, 2.45) is 0 Å². The van der Waals surface area contributed by atoms with E-state index in [0.29, 0.717) is 11.4 Å². The summed E-state index contributed by atoms with van der Waals surface area (Å²) in [6, 6.07) is 12.9. The van der Waals surface area contributed by atoms with Gasteiger partial charge in [0.05, 0.1) is 31.9 Å².